The van der Waals surface area contributed by atoms with E-state index in [1.165, 1.54) is 18.0 Å². The van der Waals surface area contributed by atoms with Crippen molar-refractivity contribution >= 4 is 28.7 Å². The van der Waals surface area contributed by atoms with Crippen LogP contribution >= 0.6 is 11.9 Å². The van der Waals surface area contributed by atoms with Crippen LogP contribution in [0.1, 0.15) is 13.3 Å². The van der Waals surface area contributed by atoms with Crippen LogP contribution in [-0.2, 0) is 0 Å². The Balaban J connectivity index is 1.71. The molecule has 4 nitrogen and oxygen atoms in total. The molecule has 1 fully saturated rings. The summed E-state index contributed by atoms with van der Waals surface area (Å²) in [5.41, 5.74) is 3.21. The van der Waals surface area contributed by atoms with Gasteiger partial charge in [0.05, 0.1) is 11.2 Å². The second kappa shape index (κ2) is 7.06. The van der Waals surface area contributed by atoms with Crippen LogP contribution in [0.25, 0.3) is 11.0 Å². The van der Waals surface area contributed by atoms with Crippen molar-refractivity contribution in [2.24, 2.45) is 0 Å². The first kappa shape index (κ1) is 16.4. The number of nitrogens with zero attached hydrogens (tertiary/aromatic N) is 3. The van der Waals surface area contributed by atoms with Gasteiger partial charge in [-0.1, -0.05) is 13.0 Å². The Hall–Kier alpha value is -2.05. The number of benzene rings is 1. The summed E-state index contributed by atoms with van der Waals surface area (Å²) in [6, 6.07) is 11.2. The van der Waals surface area contributed by atoms with E-state index in [1.807, 2.05) is 18.3 Å². The highest BCUT2D eigenvalue weighted by Gasteiger charge is 2.22. The van der Waals surface area contributed by atoms with Crippen LogP contribution in [0.2, 0.25) is 0 Å². The van der Waals surface area contributed by atoms with Crippen LogP contribution in [0, 0.1) is 5.82 Å². The number of rotatable bonds is 4. The van der Waals surface area contributed by atoms with Gasteiger partial charge in [0.25, 0.3) is 0 Å². The number of nitrogens with one attached hydrogen (secondary N) is 1. The molecule has 1 aliphatic rings. The summed E-state index contributed by atoms with van der Waals surface area (Å²) in [7, 11) is 0. The lowest BCUT2D eigenvalue weighted by Crippen LogP contribution is -2.50. The van der Waals surface area contributed by atoms with E-state index in [0.29, 0.717) is 6.04 Å². The maximum Gasteiger partial charge on any atom is 0.124 e. The third-order valence-electron chi connectivity index (χ3n) is 4.59. The van der Waals surface area contributed by atoms with E-state index in [2.05, 4.69) is 38.4 Å². The van der Waals surface area contributed by atoms with Crippen LogP contribution in [0.15, 0.2) is 53.7 Å². The molecule has 1 N–H and O–H groups in total. The summed E-state index contributed by atoms with van der Waals surface area (Å²) in [5.74, 6) is -0.215. The maximum atomic E-state index is 13.5. The summed E-state index contributed by atoms with van der Waals surface area (Å²) < 4.78 is 15.6. The third kappa shape index (κ3) is 3.37. The minimum absolute atomic E-state index is 0.215. The summed E-state index contributed by atoms with van der Waals surface area (Å²) in [6.07, 6.45) is 5.08. The van der Waals surface area contributed by atoms with Gasteiger partial charge < -0.3 is 10.2 Å². The second-order valence-electron chi connectivity index (χ2n) is 6.27. The second-order valence-corrected chi connectivity index (χ2v) is 7.31. The molecule has 1 unspecified atom stereocenters. The van der Waals surface area contributed by atoms with Gasteiger partial charge >= 0.3 is 0 Å². The van der Waals surface area contributed by atoms with Crippen molar-refractivity contribution in [3.05, 3.63) is 54.6 Å². The van der Waals surface area contributed by atoms with Crippen molar-refractivity contribution in [1.29, 1.82) is 0 Å². The topological polar surface area (TPSA) is 33.1 Å². The molecule has 0 saturated carbocycles. The van der Waals surface area contributed by atoms with Crippen LogP contribution in [-0.4, -0.2) is 34.6 Å². The van der Waals surface area contributed by atoms with Crippen molar-refractivity contribution in [3.63, 3.8) is 0 Å². The highest BCUT2D eigenvalue weighted by atomic mass is 32.2. The number of fused-ring (bicyclic) bond motifs is 1. The first-order chi connectivity index (χ1) is 12.2. The van der Waals surface area contributed by atoms with Crippen molar-refractivity contribution in [1.82, 2.24) is 14.3 Å². The van der Waals surface area contributed by atoms with Crippen molar-refractivity contribution in [2.75, 3.05) is 24.5 Å². The highest BCUT2D eigenvalue weighted by molar-refractivity contribution is 7.98. The number of halogens is 1. The van der Waals surface area contributed by atoms with E-state index in [0.717, 1.165) is 47.7 Å². The predicted molar refractivity (Wildman–Crippen MR) is 102 cm³/mol. The number of pyridine rings is 1. The molecular weight excluding hydrogens is 335 g/mol. The fourth-order valence-corrected chi connectivity index (χ4v) is 4.21. The molecule has 1 aliphatic heterocycles. The summed E-state index contributed by atoms with van der Waals surface area (Å²) >= 11 is 1.52. The molecule has 2 aromatic heterocycles. The Morgan fingerprint density at radius 3 is 3.08 bits per heavy atom. The molecule has 0 amide bonds. The lowest BCUT2D eigenvalue weighted by molar-refractivity contribution is 0.447. The molecule has 0 spiro atoms. The van der Waals surface area contributed by atoms with Gasteiger partial charge in [-0.05, 0) is 48.7 Å². The number of hydrogen-bond donors (Lipinski definition) is 1. The molecular formula is C19H21FN4S. The average molecular weight is 356 g/mol. The minimum Gasteiger partial charge on any atom is -0.366 e. The van der Waals surface area contributed by atoms with Crippen LogP contribution in [0.3, 0.4) is 0 Å². The molecule has 3 heterocycles. The van der Waals surface area contributed by atoms with E-state index < -0.39 is 0 Å². The Bertz CT molecular complexity index is 879. The quantitative estimate of drug-likeness (QED) is 0.768. The van der Waals surface area contributed by atoms with E-state index in [4.69, 9.17) is 0 Å². The van der Waals surface area contributed by atoms with Gasteiger partial charge in [0, 0.05) is 43.0 Å². The van der Waals surface area contributed by atoms with Gasteiger partial charge in [0.2, 0.25) is 0 Å². The van der Waals surface area contributed by atoms with Crippen LogP contribution in [0.4, 0.5) is 10.1 Å². The Labute approximate surface area is 151 Å². The molecule has 0 radical (unpaired) electrons. The minimum atomic E-state index is -0.215. The molecule has 3 aromatic rings. The Kier molecular flexibility index (Phi) is 4.63. The Morgan fingerprint density at radius 2 is 2.24 bits per heavy atom. The average Bonchev–Trinajstić information content (AvgIpc) is 3.01. The molecule has 130 valence electrons. The molecule has 25 heavy (non-hydrogen) atoms. The van der Waals surface area contributed by atoms with Crippen molar-refractivity contribution in [3.8, 4) is 0 Å². The monoisotopic (exact) mass is 356 g/mol. The zero-order valence-corrected chi connectivity index (χ0v) is 15.0. The third-order valence-corrected chi connectivity index (χ3v) is 5.56. The number of hydrogen-bond acceptors (Lipinski definition) is 4. The van der Waals surface area contributed by atoms with Gasteiger partial charge in [-0.15, -0.1) is 0 Å². The molecule has 0 aliphatic carbocycles. The SMILES string of the molecule is CCC1CN(c2cn(Sc3cccc(F)c3)c3cccnc23)CCN1. The molecule has 1 atom stereocenters. The van der Waals surface area contributed by atoms with Gasteiger partial charge in [0.1, 0.15) is 11.3 Å². The molecule has 1 saturated heterocycles. The van der Waals surface area contributed by atoms with Gasteiger partial charge in [-0.2, -0.15) is 0 Å². The maximum absolute atomic E-state index is 13.5. The van der Waals surface area contributed by atoms with Crippen LogP contribution < -0.4 is 10.2 Å². The number of aromatic nitrogens is 2. The summed E-state index contributed by atoms with van der Waals surface area (Å²) in [5, 5.41) is 3.55. The zero-order chi connectivity index (χ0) is 17.2. The number of anilines is 1. The highest BCUT2D eigenvalue weighted by Crippen LogP contribution is 2.33. The molecule has 1 aromatic carbocycles. The van der Waals surface area contributed by atoms with E-state index in [-0.39, 0.29) is 5.82 Å². The van der Waals surface area contributed by atoms with E-state index in [9.17, 15) is 4.39 Å². The molecule has 6 heteroatoms. The summed E-state index contributed by atoms with van der Waals surface area (Å²) in [4.78, 5) is 7.90. The van der Waals surface area contributed by atoms with Gasteiger partial charge in [-0.3, -0.25) is 8.96 Å². The normalized spacial score (nSPS) is 18.0. The molecule has 0 bridgehead atoms. The van der Waals surface area contributed by atoms with Crippen molar-refractivity contribution < 1.29 is 4.39 Å². The van der Waals surface area contributed by atoms with E-state index in [1.54, 1.807) is 12.1 Å². The van der Waals surface area contributed by atoms with Crippen LogP contribution in [0.5, 0.6) is 0 Å². The van der Waals surface area contributed by atoms with Gasteiger partial charge in [0.15, 0.2) is 0 Å². The first-order valence-corrected chi connectivity index (χ1v) is 9.40. The standard InChI is InChI=1S/C19H21FN4S/c1-2-15-12-23(10-9-21-15)18-13-24(17-7-4-8-22-19(17)18)25-16-6-3-5-14(20)11-16/h3-8,11,13,15,21H,2,9-10,12H2,1H3. The largest absolute Gasteiger partial charge is 0.366 e. The lowest BCUT2D eigenvalue weighted by Gasteiger charge is -2.34. The van der Waals surface area contributed by atoms with Gasteiger partial charge in [-0.25, -0.2) is 4.39 Å². The lowest BCUT2D eigenvalue weighted by atomic mass is 10.1. The smallest absolute Gasteiger partial charge is 0.124 e. The fourth-order valence-electron chi connectivity index (χ4n) is 3.28. The molecule has 4 rings (SSSR count). The number of piperazine rings is 1. The summed E-state index contributed by atoms with van der Waals surface area (Å²) in [6.45, 7) is 5.14. The zero-order valence-electron chi connectivity index (χ0n) is 14.2. The van der Waals surface area contributed by atoms with E-state index >= 15 is 0 Å². The Morgan fingerprint density at radius 1 is 1.32 bits per heavy atom. The predicted octanol–water partition coefficient (Wildman–Crippen LogP) is 3.92. The van der Waals surface area contributed by atoms with Crippen molar-refractivity contribution in [2.45, 2.75) is 24.3 Å². The fraction of sp³-hybridized carbons (Fsp3) is 0.316. The first-order valence-electron chi connectivity index (χ1n) is 8.63.